The SMILES string of the molecule is CCc1ccc(Oc2ncnc3c2cnn3C)c(N)c1. The molecule has 0 radical (unpaired) electrons. The number of nitrogen functional groups attached to an aromatic ring is 1. The topological polar surface area (TPSA) is 78.9 Å². The molecule has 0 saturated carbocycles. The molecule has 0 aliphatic carbocycles. The number of aryl methyl sites for hydroxylation is 2. The molecule has 0 aliphatic rings. The highest BCUT2D eigenvalue weighted by molar-refractivity contribution is 5.80. The van der Waals surface area contributed by atoms with Gasteiger partial charge in [-0.3, -0.25) is 4.68 Å². The maximum Gasteiger partial charge on any atom is 0.233 e. The summed E-state index contributed by atoms with van der Waals surface area (Å²) in [5.74, 6) is 1.05. The lowest BCUT2D eigenvalue weighted by molar-refractivity contribution is 0.470. The van der Waals surface area contributed by atoms with Crippen molar-refractivity contribution < 1.29 is 4.74 Å². The highest BCUT2D eigenvalue weighted by atomic mass is 16.5. The average molecular weight is 269 g/mol. The lowest BCUT2D eigenvalue weighted by atomic mass is 10.1. The molecule has 2 heterocycles. The molecule has 6 nitrogen and oxygen atoms in total. The van der Waals surface area contributed by atoms with Gasteiger partial charge in [-0.2, -0.15) is 5.10 Å². The second kappa shape index (κ2) is 4.80. The first-order chi connectivity index (χ1) is 9.69. The Labute approximate surface area is 116 Å². The van der Waals surface area contributed by atoms with Gasteiger partial charge in [0.15, 0.2) is 11.4 Å². The fraction of sp³-hybridized carbons (Fsp3) is 0.214. The summed E-state index contributed by atoms with van der Waals surface area (Å²) >= 11 is 0. The van der Waals surface area contributed by atoms with Gasteiger partial charge in [0.1, 0.15) is 11.7 Å². The summed E-state index contributed by atoms with van der Waals surface area (Å²) < 4.78 is 7.48. The molecule has 0 aliphatic heterocycles. The third kappa shape index (κ3) is 2.05. The van der Waals surface area contributed by atoms with Crippen molar-refractivity contribution in [3.8, 4) is 11.6 Å². The van der Waals surface area contributed by atoms with Crippen LogP contribution in [-0.2, 0) is 13.5 Å². The van der Waals surface area contributed by atoms with Crippen LogP contribution in [0.3, 0.4) is 0 Å². The number of hydrogen-bond acceptors (Lipinski definition) is 5. The van der Waals surface area contributed by atoms with Crippen LogP contribution in [0.5, 0.6) is 11.6 Å². The maximum atomic E-state index is 6.00. The van der Waals surface area contributed by atoms with E-state index in [1.807, 2.05) is 25.2 Å². The summed E-state index contributed by atoms with van der Waals surface area (Å²) in [6.07, 6.45) is 4.07. The molecular formula is C14H15N5O. The molecule has 3 rings (SSSR count). The van der Waals surface area contributed by atoms with Crippen LogP contribution in [0.1, 0.15) is 12.5 Å². The van der Waals surface area contributed by atoms with Crippen LogP contribution in [0.25, 0.3) is 11.0 Å². The Morgan fingerprint density at radius 3 is 2.90 bits per heavy atom. The number of ether oxygens (including phenoxy) is 1. The van der Waals surface area contributed by atoms with E-state index in [0.717, 1.165) is 17.5 Å². The molecule has 1 aromatic carbocycles. The van der Waals surface area contributed by atoms with Gasteiger partial charge < -0.3 is 10.5 Å². The van der Waals surface area contributed by atoms with Gasteiger partial charge >= 0.3 is 0 Å². The minimum atomic E-state index is 0.457. The zero-order chi connectivity index (χ0) is 14.1. The summed E-state index contributed by atoms with van der Waals surface area (Å²) in [4.78, 5) is 8.33. The Morgan fingerprint density at radius 1 is 1.30 bits per heavy atom. The molecule has 0 spiro atoms. The number of fused-ring (bicyclic) bond motifs is 1. The van der Waals surface area contributed by atoms with Crippen LogP contribution in [-0.4, -0.2) is 19.7 Å². The molecule has 102 valence electrons. The number of benzene rings is 1. The van der Waals surface area contributed by atoms with Gasteiger partial charge in [-0.1, -0.05) is 13.0 Å². The van der Waals surface area contributed by atoms with E-state index in [4.69, 9.17) is 10.5 Å². The zero-order valence-electron chi connectivity index (χ0n) is 11.4. The molecule has 6 heteroatoms. The molecule has 2 aromatic heterocycles. The van der Waals surface area contributed by atoms with E-state index in [-0.39, 0.29) is 0 Å². The number of rotatable bonds is 3. The van der Waals surface area contributed by atoms with Crippen LogP contribution in [0.4, 0.5) is 5.69 Å². The minimum absolute atomic E-state index is 0.457. The number of anilines is 1. The molecule has 20 heavy (non-hydrogen) atoms. The van der Waals surface area contributed by atoms with Crippen molar-refractivity contribution in [2.45, 2.75) is 13.3 Å². The number of aromatic nitrogens is 4. The number of hydrogen-bond donors (Lipinski definition) is 1. The fourth-order valence-electron chi connectivity index (χ4n) is 2.04. The van der Waals surface area contributed by atoms with Gasteiger partial charge in [0.2, 0.25) is 5.88 Å². The van der Waals surface area contributed by atoms with E-state index in [1.54, 1.807) is 10.9 Å². The largest absolute Gasteiger partial charge is 0.436 e. The third-order valence-electron chi connectivity index (χ3n) is 3.18. The smallest absolute Gasteiger partial charge is 0.233 e. The lowest BCUT2D eigenvalue weighted by Crippen LogP contribution is -1.97. The van der Waals surface area contributed by atoms with Gasteiger partial charge in [-0.25, -0.2) is 9.97 Å². The van der Waals surface area contributed by atoms with Gasteiger partial charge in [0, 0.05) is 7.05 Å². The third-order valence-corrected chi connectivity index (χ3v) is 3.18. The van der Waals surface area contributed by atoms with Gasteiger partial charge in [-0.05, 0) is 24.1 Å². The molecule has 0 unspecified atom stereocenters. The molecule has 2 N–H and O–H groups in total. The highest BCUT2D eigenvalue weighted by Crippen LogP contribution is 2.30. The summed E-state index contributed by atoms with van der Waals surface area (Å²) in [5, 5.41) is 4.91. The average Bonchev–Trinajstić information content (AvgIpc) is 2.84. The Kier molecular flexibility index (Phi) is 2.98. The zero-order valence-corrected chi connectivity index (χ0v) is 11.4. The first-order valence-corrected chi connectivity index (χ1v) is 6.38. The van der Waals surface area contributed by atoms with Crippen molar-refractivity contribution in [3.05, 3.63) is 36.3 Å². The van der Waals surface area contributed by atoms with E-state index in [0.29, 0.717) is 17.3 Å². The minimum Gasteiger partial charge on any atom is -0.436 e. The Hall–Kier alpha value is -2.63. The van der Waals surface area contributed by atoms with E-state index in [2.05, 4.69) is 22.0 Å². The number of nitrogens with two attached hydrogens (primary N) is 1. The predicted molar refractivity (Wildman–Crippen MR) is 76.6 cm³/mol. The van der Waals surface area contributed by atoms with Crippen molar-refractivity contribution >= 4 is 16.7 Å². The van der Waals surface area contributed by atoms with E-state index in [1.165, 1.54) is 11.9 Å². The van der Waals surface area contributed by atoms with Crippen LogP contribution < -0.4 is 10.5 Å². The molecule has 0 amide bonds. The molecule has 0 fully saturated rings. The first-order valence-electron chi connectivity index (χ1n) is 6.38. The van der Waals surface area contributed by atoms with Crippen molar-refractivity contribution in [1.29, 1.82) is 0 Å². The molecule has 0 saturated heterocycles. The predicted octanol–water partition coefficient (Wildman–Crippen LogP) is 2.30. The van der Waals surface area contributed by atoms with Gasteiger partial charge in [0.05, 0.1) is 11.9 Å². The van der Waals surface area contributed by atoms with E-state index in [9.17, 15) is 0 Å². The molecule has 3 aromatic rings. The maximum absolute atomic E-state index is 6.00. The highest BCUT2D eigenvalue weighted by Gasteiger charge is 2.11. The van der Waals surface area contributed by atoms with E-state index < -0.39 is 0 Å². The number of nitrogens with zero attached hydrogens (tertiary/aromatic N) is 4. The van der Waals surface area contributed by atoms with Crippen LogP contribution in [0.15, 0.2) is 30.7 Å². The fourth-order valence-corrected chi connectivity index (χ4v) is 2.04. The lowest BCUT2D eigenvalue weighted by Gasteiger charge is -2.09. The normalized spacial score (nSPS) is 10.9. The molecule has 0 atom stereocenters. The van der Waals surface area contributed by atoms with Crippen LogP contribution in [0.2, 0.25) is 0 Å². The summed E-state index contributed by atoms with van der Waals surface area (Å²) in [6, 6.07) is 5.77. The summed E-state index contributed by atoms with van der Waals surface area (Å²) in [6.45, 7) is 2.08. The van der Waals surface area contributed by atoms with E-state index >= 15 is 0 Å². The molecule has 0 bridgehead atoms. The van der Waals surface area contributed by atoms with Crippen LogP contribution in [0, 0.1) is 0 Å². The first kappa shape index (κ1) is 12.4. The van der Waals surface area contributed by atoms with Gasteiger partial charge in [0.25, 0.3) is 0 Å². The van der Waals surface area contributed by atoms with Crippen LogP contribution >= 0.6 is 0 Å². The van der Waals surface area contributed by atoms with Gasteiger partial charge in [-0.15, -0.1) is 0 Å². The van der Waals surface area contributed by atoms with Crippen molar-refractivity contribution in [1.82, 2.24) is 19.7 Å². The second-order valence-electron chi connectivity index (χ2n) is 4.51. The molecular weight excluding hydrogens is 254 g/mol. The summed E-state index contributed by atoms with van der Waals surface area (Å²) in [5.41, 5.74) is 8.49. The van der Waals surface area contributed by atoms with Crippen molar-refractivity contribution in [2.24, 2.45) is 7.05 Å². The Morgan fingerprint density at radius 2 is 2.15 bits per heavy atom. The Balaban J connectivity index is 2.01. The Bertz CT molecular complexity index is 765. The monoisotopic (exact) mass is 269 g/mol. The van der Waals surface area contributed by atoms with Crippen molar-refractivity contribution in [2.75, 3.05) is 5.73 Å². The standard InChI is InChI=1S/C14H15N5O/c1-3-9-4-5-12(11(15)6-9)20-14-10-7-18-19(2)13(10)16-8-17-14/h4-8H,3,15H2,1-2H3. The summed E-state index contributed by atoms with van der Waals surface area (Å²) in [7, 11) is 1.82. The van der Waals surface area contributed by atoms with Crippen molar-refractivity contribution in [3.63, 3.8) is 0 Å². The second-order valence-corrected chi connectivity index (χ2v) is 4.51. The quantitative estimate of drug-likeness (QED) is 0.738.